The predicted molar refractivity (Wildman–Crippen MR) is 193 cm³/mol. The van der Waals surface area contributed by atoms with Crippen LogP contribution in [0.5, 0.6) is 0 Å². The highest BCUT2D eigenvalue weighted by Gasteiger charge is 2.43. The summed E-state index contributed by atoms with van der Waals surface area (Å²) in [6.45, 7) is 5.16. The van der Waals surface area contributed by atoms with Crippen LogP contribution in [0, 0.1) is 0 Å². The molecule has 5 aromatic rings. The number of carbonyl (C=O) groups excluding carboxylic acids is 3. The number of fused-ring (bicyclic) bond motifs is 3. The molecule has 254 valence electrons. The molecule has 0 spiro atoms. The Morgan fingerprint density at radius 2 is 1.18 bits per heavy atom. The molecule has 1 aliphatic carbocycles. The van der Waals surface area contributed by atoms with E-state index >= 15 is 0 Å². The third-order valence-corrected chi connectivity index (χ3v) is 8.91. The van der Waals surface area contributed by atoms with Crippen LogP contribution in [0.3, 0.4) is 0 Å². The van der Waals surface area contributed by atoms with Crippen LogP contribution in [-0.2, 0) is 29.4 Å². The summed E-state index contributed by atoms with van der Waals surface area (Å²) in [5, 5.41) is 2.98. The van der Waals surface area contributed by atoms with Gasteiger partial charge in [0.05, 0.1) is 6.42 Å². The van der Waals surface area contributed by atoms with Crippen LogP contribution in [0.4, 0.5) is 4.79 Å². The van der Waals surface area contributed by atoms with Crippen LogP contribution in [0.2, 0.25) is 5.02 Å². The number of carbonyl (C=O) groups is 3. The maximum atomic E-state index is 14.1. The van der Waals surface area contributed by atoms with Crippen LogP contribution in [-0.4, -0.2) is 36.3 Å². The third kappa shape index (κ3) is 7.28. The van der Waals surface area contributed by atoms with Crippen molar-refractivity contribution in [1.82, 2.24) is 5.32 Å². The number of hydrogen-bond donors (Lipinski definition) is 1. The molecule has 6 rings (SSSR count). The van der Waals surface area contributed by atoms with Gasteiger partial charge in [-0.2, -0.15) is 0 Å². The number of ether oxygens (including phenoxy) is 3. The highest BCUT2D eigenvalue weighted by molar-refractivity contribution is 6.31. The lowest BCUT2D eigenvalue weighted by atomic mass is 9.80. The molecular weight excluding hydrogens is 650 g/mol. The Bertz CT molecular complexity index is 1900. The fraction of sp³-hybridized carbons (Fsp3) is 0.214. The van der Waals surface area contributed by atoms with Gasteiger partial charge < -0.3 is 19.5 Å². The van der Waals surface area contributed by atoms with Crippen molar-refractivity contribution in [1.29, 1.82) is 0 Å². The van der Waals surface area contributed by atoms with Gasteiger partial charge in [0.1, 0.15) is 18.2 Å². The van der Waals surface area contributed by atoms with E-state index in [0.717, 1.165) is 22.3 Å². The zero-order valence-corrected chi connectivity index (χ0v) is 28.9. The van der Waals surface area contributed by atoms with Crippen molar-refractivity contribution in [2.24, 2.45) is 0 Å². The summed E-state index contributed by atoms with van der Waals surface area (Å²) in [7, 11) is 0. The average molecular weight is 688 g/mol. The summed E-state index contributed by atoms with van der Waals surface area (Å²) in [6, 6.07) is 40.3. The normalized spacial score (nSPS) is 13.0. The molecule has 0 bridgehead atoms. The molecule has 1 aliphatic rings. The molecule has 8 heteroatoms. The summed E-state index contributed by atoms with van der Waals surface area (Å²) < 4.78 is 17.8. The Hall–Kier alpha value is -5.40. The monoisotopic (exact) mass is 687 g/mol. The van der Waals surface area contributed by atoms with Gasteiger partial charge in [-0.1, -0.05) is 139 Å². The summed E-state index contributed by atoms with van der Waals surface area (Å²) in [6.07, 6.45) is -1.40. The van der Waals surface area contributed by atoms with Gasteiger partial charge in [-0.25, -0.2) is 9.59 Å². The minimum absolute atomic E-state index is 0.0307. The molecule has 0 aromatic heterocycles. The van der Waals surface area contributed by atoms with Crippen molar-refractivity contribution >= 4 is 29.6 Å². The summed E-state index contributed by atoms with van der Waals surface area (Å²) in [4.78, 5) is 41.0. The largest absolute Gasteiger partial charge is 0.458 e. The van der Waals surface area contributed by atoms with Gasteiger partial charge >= 0.3 is 18.0 Å². The number of alkyl carbamates (subject to hydrolysis) is 1. The van der Waals surface area contributed by atoms with Crippen LogP contribution in [0.25, 0.3) is 11.1 Å². The van der Waals surface area contributed by atoms with Crippen molar-refractivity contribution in [3.63, 3.8) is 0 Å². The topological polar surface area (TPSA) is 90.9 Å². The van der Waals surface area contributed by atoms with Gasteiger partial charge in [-0.05, 0) is 49.1 Å². The fourth-order valence-corrected chi connectivity index (χ4v) is 6.74. The van der Waals surface area contributed by atoms with Gasteiger partial charge in [-0.15, -0.1) is 0 Å². The van der Waals surface area contributed by atoms with E-state index in [0.29, 0.717) is 21.7 Å². The molecule has 0 heterocycles. The molecular formula is C42H38ClNO6. The molecule has 50 heavy (non-hydrogen) atoms. The number of hydrogen-bond acceptors (Lipinski definition) is 6. The molecule has 0 radical (unpaired) electrons. The first-order chi connectivity index (χ1) is 24.1. The Morgan fingerprint density at radius 3 is 1.72 bits per heavy atom. The highest BCUT2D eigenvalue weighted by Crippen LogP contribution is 2.45. The second-order valence-electron chi connectivity index (χ2n) is 13.1. The predicted octanol–water partition coefficient (Wildman–Crippen LogP) is 8.81. The van der Waals surface area contributed by atoms with E-state index in [4.69, 9.17) is 25.8 Å². The third-order valence-electron chi connectivity index (χ3n) is 8.58. The fourth-order valence-electron chi connectivity index (χ4n) is 6.47. The Balaban J connectivity index is 1.27. The van der Waals surface area contributed by atoms with Crippen molar-refractivity contribution in [2.75, 3.05) is 6.61 Å². The summed E-state index contributed by atoms with van der Waals surface area (Å²) in [5.74, 6) is -1.76. The molecule has 0 saturated heterocycles. The Labute approximate surface area is 297 Å². The number of halogens is 1. The first-order valence-corrected chi connectivity index (χ1v) is 16.9. The van der Waals surface area contributed by atoms with E-state index in [1.807, 2.05) is 115 Å². The first-order valence-electron chi connectivity index (χ1n) is 16.5. The molecule has 1 N–H and O–H groups in total. The molecule has 0 fully saturated rings. The number of esters is 2. The van der Waals surface area contributed by atoms with Gasteiger partial charge in [-0.3, -0.25) is 4.79 Å². The standard InChI is InChI=1S/C42H38ClNO6/c1-41(2,3)50-39(46)37(44-40(47)48-27-34-32-22-12-10-20-30(32)31-21-11-13-23-33(31)34)26-38(45)49-42(28-16-6-4-7-17-28,29-18-8-5-9-19-29)35-24-14-15-25-36(35)43/h4-25,34,37H,26-27H2,1-3H3,(H,44,47)/t37-/m0/s1. The SMILES string of the molecule is CC(C)(C)OC(=O)[C@H](CC(=O)OC(c1ccccc1)(c1ccccc1)c1ccccc1Cl)NC(=O)OCC1c2ccccc2-c2ccccc21. The number of nitrogens with one attached hydrogen (secondary N) is 1. The quantitative estimate of drug-likeness (QED) is 0.0897. The number of rotatable bonds is 10. The second-order valence-corrected chi connectivity index (χ2v) is 13.5. The van der Waals surface area contributed by atoms with Gasteiger partial charge in [0.15, 0.2) is 5.60 Å². The van der Waals surface area contributed by atoms with Crippen molar-refractivity contribution in [3.05, 3.63) is 166 Å². The van der Waals surface area contributed by atoms with Crippen LogP contribution in [0.15, 0.2) is 133 Å². The van der Waals surface area contributed by atoms with Crippen molar-refractivity contribution in [2.45, 2.75) is 50.4 Å². The first kappa shape index (κ1) is 34.5. The van der Waals surface area contributed by atoms with Crippen LogP contribution >= 0.6 is 11.6 Å². The maximum absolute atomic E-state index is 14.1. The van der Waals surface area contributed by atoms with E-state index in [1.54, 1.807) is 39.0 Å². The molecule has 7 nitrogen and oxygen atoms in total. The lowest BCUT2D eigenvalue weighted by molar-refractivity contribution is -0.163. The van der Waals surface area contributed by atoms with Gasteiger partial charge in [0.25, 0.3) is 0 Å². The number of amides is 1. The minimum atomic E-state index is -1.49. The number of benzene rings is 5. The van der Waals surface area contributed by atoms with E-state index in [1.165, 1.54) is 0 Å². The van der Waals surface area contributed by atoms with E-state index < -0.39 is 41.7 Å². The highest BCUT2D eigenvalue weighted by atomic mass is 35.5. The molecule has 5 aromatic carbocycles. The van der Waals surface area contributed by atoms with Crippen molar-refractivity contribution < 1.29 is 28.6 Å². The molecule has 0 aliphatic heterocycles. The molecule has 0 saturated carbocycles. The Kier molecular flexibility index (Phi) is 10.1. The lowest BCUT2D eigenvalue weighted by Crippen LogP contribution is -2.47. The zero-order valence-electron chi connectivity index (χ0n) is 28.1. The van der Waals surface area contributed by atoms with E-state index in [9.17, 15) is 14.4 Å². The minimum Gasteiger partial charge on any atom is -0.458 e. The molecule has 0 unspecified atom stereocenters. The van der Waals surface area contributed by atoms with Crippen LogP contribution < -0.4 is 5.32 Å². The summed E-state index contributed by atoms with van der Waals surface area (Å²) >= 11 is 6.80. The maximum Gasteiger partial charge on any atom is 0.407 e. The molecule has 1 atom stereocenters. The van der Waals surface area contributed by atoms with Gasteiger partial charge in [0.2, 0.25) is 0 Å². The zero-order chi connectivity index (χ0) is 35.3. The van der Waals surface area contributed by atoms with Crippen molar-refractivity contribution in [3.8, 4) is 11.1 Å². The molecule has 1 amide bonds. The Morgan fingerprint density at radius 1 is 0.680 bits per heavy atom. The van der Waals surface area contributed by atoms with Crippen LogP contribution in [0.1, 0.15) is 60.9 Å². The summed E-state index contributed by atoms with van der Waals surface area (Å²) in [5.41, 5.74) is 3.72. The smallest absolute Gasteiger partial charge is 0.407 e. The lowest BCUT2D eigenvalue weighted by Gasteiger charge is -2.36. The van der Waals surface area contributed by atoms with E-state index in [2.05, 4.69) is 5.32 Å². The second kappa shape index (κ2) is 14.6. The van der Waals surface area contributed by atoms with E-state index in [-0.39, 0.29) is 12.5 Å². The average Bonchev–Trinajstić information content (AvgIpc) is 3.43. The van der Waals surface area contributed by atoms with Gasteiger partial charge in [0, 0.05) is 27.6 Å².